The molecule has 3 N–H and O–H groups in total. The summed E-state index contributed by atoms with van der Waals surface area (Å²) >= 11 is 0. The summed E-state index contributed by atoms with van der Waals surface area (Å²) in [6, 6.07) is -0.270. The topological polar surface area (TPSA) is 81.0 Å². The van der Waals surface area contributed by atoms with Crippen LogP contribution in [0.5, 0.6) is 0 Å². The monoisotopic (exact) mass is 475 g/mol. The van der Waals surface area contributed by atoms with Crippen LogP contribution >= 0.6 is 0 Å². The largest absolute Gasteiger partial charge is 0.480 e. The number of fused-ring (bicyclic) bond motifs is 5. The maximum atomic E-state index is 11.8. The van der Waals surface area contributed by atoms with Gasteiger partial charge in [-0.1, -0.05) is 27.2 Å². The molecule has 0 bridgehead atoms. The molecule has 1 heterocycles. The number of carboxylic acid groups (broad SMARTS) is 1. The van der Waals surface area contributed by atoms with E-state index in [-0.39, 0.29) is 23.7 Å². The molecular weight excluding hydrogens is 426 g/mol. The lowest BCUT2D eigenvalue weighted by Crippen LogP contribution is -2.62. The van der Waals surface area contributed by atoms with E-state index in [9.17, 15) is 20.1 Å². The lowest BCUT2D eigenvalue weighted by Gasteiger charge is -2.64. The van der Waals surface area contributed by atoms with Crippen LogP contribution < -0.4 is 0 Å². The minimum absolute atomic E-state index is 0.183. The van der Waals surface area contributed by atoms with Gasteiger partial charge in [0.1, 0.15) is 6.04 Å². The van der Waals surface area contributed by atoms with Crippen LogP contribution in [0, 0.1) is 46.3 Å². The smallest absolute Gasteiger partial charge is 0.320 e. The summed E-state index contributed by atoms with van der Waals surface area (Å²) in [6.07, 6.45) is 12.7. The van der Waals surface area contributed by atoms with E-state index in [0.717, 1.165) is 58.0 Å². The zero-order chi connectivity index (χ0) is 24.3. The summed E-state index contributed by atoms with van der Waals surface area (Å²) in [5, 5.41) is 31.8. The average molecular weight is 476 g/mol. The Balaban J connectivity index is 1.29. The van der Waals surface area contributed by atoms with Crippen LogP contribution in [-0.4, -0.2) is 57.5 Å². The summed E-state index contributed by atoms with van der Waals surface area (Å²) in [5.74, 6) is 2.47. The molecule has 4 saturated carbocycles. The third-order valence-electron chi connectivity index (χ3n) is 12.2. The van der Waals surface area contributed by atoms with Gasteiger partial charge in [-0.3, -0.25) is 9.69 Å². The minimum atomic E-state index is -0.650. The molecule has 5 nitrogen and oxygen atoms in total. The highest BCUT2D eigenvalue weighted by molar-refractivity contribution is 5.73. The number of likely N-dealkylation sites (tertiary alicyclic amines) is 1. The van der Waals surface area contributed by atoms with Gasteiger partial charge < -0.3 is 15.3 Å². The Bertz CT molecular complexity index is 758. The third kappa shape index (κ3) is 3.87. The van der Waals surface area contributed by atoms with E-state index >= 15 is 0 Å². The van der Waals surface area contributed by atoms with Crippen LogP contribution in [0.2, 0.25) is 0 Å². The number of aliphatic hydroxyl groups excluding tert-OH is 2. The number of nitrogens with zero attached hydrogens (tertiary/aromatic N) is 1. The number of carboxylic acids is 1. The number of hydrogen-bond donors (Lipinski definition) is 3. The normalized spacial score (nSPS) is 51.0. The Morgan fingerprint density at radius 1 is 0.971 bits per heavy atom. The molecule has 0 amide bonds. The first kappa shape index (κ1) is 25.0. The van der Waals surface area contributed by atoms with Crippen LogP contribution in [0.25, 0.3) is 0 Å². The van der Waals surface area contributed by atoms with Gasteiger partial charge in [0.05, 0.1) is 12.2 Å². The highest BCUT2D eigenvalue weighted by Crippen LogP contribution is 2.69. The van der Waals surface area contributed by atoms with Crippen molar-refractivity contribution in [3.8, 4) is 0 Å². The van der Waals surface area contributed by atoms with Crippen LogP contribution in [-0.2, 0) is 4.79 Å². The van der Waals surface area contributed by atoms with Gasteiger partial charge >= 0.3 is 5.97 Å². The van der Waals surface area contributed by atoms with Crippen molar-refractivity contribution in [1.29, 1.82) is 0 Å². The molecule has 11 atom stereocenters. The molecule has 5 rings (SSSR count). The zero-order valence-electron chi connectivity index (χ0n) is 21.8. The number of hydrogen-bond acceptors (Lipinski definition) is 4. The van der Waals surface area contributed by atoms with Crippen molar-refractivity contribution >= 4 is 5.97 Å². The quantitative estimate of drug-likeness (QED) is 0.507. The van der Waals surface area contributed by atoms with Gasteiger partial charge in [-0.05, 0) is 130 Å². The van der Waals surface area contributed by atoms with E-state index in [2.05, 4.69) is 25.7 Å². The number of rotatable bonds is 6. The highest BCUT2D eigenvalue weighted by atomic mass is 16.4. The van der Waals surface area contributed by atoms with E-state index in [1.165, 1.54) is 32.1 Å². The fraction of sp³-hybridized carbons (Fsp3) is 0.966. The molecule has 0 aromatic carbocycles. The molecule has 0 radical (unpaired) electrons. The summed E-state index contributed by atoms with van der Waals surface area (Å²) in [7, 11) is 0. The van der Waals surface area contributed by atoms with Crippen molar-refractivity contribution < 1.29 is 20.1 Å². The minimum Gasteiger partial charge on any atom is -0.480 e. The van der Waals surface area contributed by atoms with Crippen LogP contribution in [0.4, 0.5) is 0 Å². The molecule has 34 heavy (non-hydrogen) atoms. The molecule has 0 aromatic rings. The second-order valence-electron chi connectivity index (χ2n) is 13.4. The summed E-state index contributed by atoms with van der Waals surface area (Å²) in [6.45, 7) is 9.15. The number of carbonyl (C=O) groups is 1. The summed E-state index contributed by atoms with van der Waals surface area (Å²) in [4.78, 5) is 13.7. The van der Waals surface area contributed by atoms with Gasteiger partial charge in [0.15, 0.2) is 0 Å². The van der Waals surface area contributed by atoms with E-state index < -0.39 is 5.97 Å². The lowest BCUT2D eigenvalue weighted by atomic mass is 9.41. The average Bonchev–Trinajstić information content (AvgIpc) is 3.40. The Labute approximate surface area is 206 Å². The van der Waals surface area contributed by atoms with Gasteiger partial charge in [-0.15, -0.1) is 0 Å². The molecule has 5 fully saturated rings. The van der Waals surface area contributed by atoms with Crippen molar-refractivity contribution in [2.45, 2.75) is 116 Å². The maximum Gasteiger partial charge on any atom is 0.320 e. The maximum absolute atomic E-state index is 11.8. The molecule has 0 unspecified atom stereocenters. The Hall–Kier alpha value is -0.650. The highest BCUT2D eigenvalue weighted by Gasteiger charge is 2.64. The first-order chi connectivity index (χ1) is 16.2. The standard InChI is InChI=1S/C29H49NO4/c1-4-20-23-17-19(31)11-13-29(23,3)22-12-14-28(2)18(9-10-21(28)25(22)26(20)32)7-5-15-30-16-6-8-24(30)27(33)34/h18-26,31-32H,4-17H2,1-3H3,(H,33,34)/t18-,19+,20+,21-,22-,23-,24-,25-,26+,28+,29+/m0/s1. The van der Waals surface area contributed by atoms with Crippen LogP contribution in [0.1, 0.15) is 97.8 Å². The van der Waals surface area contributed by atoms with Gasteiger partial charge in [-0.25, -0.2) is 0 Å². The molecule has 0 aromatic heterocycles. The molecular formula is C29H49NO4. The van der Waals surface area contributed by atoms with Gasteiger partial charge in [0.25, 0.3) is 0 Å². The number of aliphatic carboxylic acids is 1. The SMILES string of the molecule is CC[C@H]1[C@@H](O)[C@@H]2[C@H](CC[C@]3(C)[C@@H](CCCN4CCC[C@H]4C(=O)O)CC[C@@H]23)[C@@]2(C)CC[C@@H](O)C[C@@H]12. The molecule has 5 aliphatic rings. The Kier molecular flexibility index (Phi) is 6.87. The van der Waals surface area contributed by atoms with Gasteiger partial charge in [-0.2, -0.15) is 0 Å². The first-order valence-corrected chi connectivity index (χ1v) is 14.5. The predicted molar refractivity (Wildman–Crippen MR) is 133 cm³/mol. The van der Waals surface area contributed by atoms with Crippen molar-refractivity contribution in [2.75, 3.05) is 13.1 Å². The second-order valence-corrected chi connectivity index (χ2v) is 13.4. The van der Waals surface area contributed by atoms with E-state index in [4.69, 9.17) is 0 Å². The van der Waals surface area contributed by atoms with Crippen molar-refractivity contribution in [1.82, 2.24) is 4.90 Å². The molecule has 1 aliphatic heterocycles. The lowest BCUT2D eigenvalue weighted by molar-refractivity contribution is -0.202. The van der Waals surface area contributed by atoms with Gasteiger partial charge in [0, 0.05) is 0 Å². The Morgan fingerprint density at radius 3 is 2.44 bits per heavy atom. The predicted octanol–water partition coefficient (Wildman–Crippen LogP) is 4.94. The fourth-order valence-corrected chi connectivity index (χ4v) is 10.5. The van der Waals surface area contributed by atoms with E-state index in [1.54, 1.807) is 0 Å². The van der Waals surface area contributed by atoms with Crippen LogP contribution in [0.3, 0.4) is 0 Å². The summed E-state index contributed by atoms with van der Waals surface area (Å²) < 4.78 is 0. The van der Waals surface area contributed by atoms with Crippen molar-refractivity contribution in [3.63, 3.8) is 0 Å². The van der Waals surface area contributed by atoms with Crippen molar-refractivity contribution in [3.05, 3.63) is 0 Å². The second kappa shape index (κ2) is 9.34. The molecule has 194 valence electrons. The third-order valence-corrected chi connectivity index (χ3v) is 12.2. The molecule has 0 spiro atoms. The summed E-state index contributed by atoms with van der Waals surface area (Å²) in [5.41, 5.74) is 0.583. The van der Waals surface area contributed by atoms with Gasteiger partial charge in [0.2, 0.25) is 0 Å². The molecule has 4 aliphatic carbocycles. The fourth-order valence-electron chi connectivity index (χ4n) is 10.5. The molecule has 1 saturated heterocycles. The number of aliphatic hydroxyl groups is 2. The Morgan fingerprint density at radius 2 is 1.71 bits per heavy atom. The zero-order valence-corrected chi connectivity index (χ0v) is 21.8. The van der Waals surface area contributed by atoms with E-state index in [1.807, 2.05) is 0 Å². The van der Waals surface area contributed by atoms with Crippen molar-refractivity contribution in [2.24, 2.45) is 46.3 Å². The first-order valence-electron chi connectivity index (χ1n) is 14.5. The van der Waals surface area contributed by atoms with Crippen LogP contribution in [0.15, 0.2) is 0 Å². The molecule has 5 heteroatoms. The van der Waals surface area contributed by atoms with E-state index in [0.29, 0.717) is 40.9 Å².